The second-order valence-electron chi connectivity index (χ2n) is 6.52. The molecule has 0 bridgehead atoms. The highest BCUT2D eigenvalue weighted by atomic mass is 19.1. The lowest BCUT2D eigenvalue weighted by Gasteiger charge is -2.26. The number of carboxylic acid groups (broad SMARTS) is 1. The molecule has 4 rings (SSSR count). The number of nitrogens with zero attached hydrogens (tertiary/aromatic N) is 1. The lowest BCUT2D eigenvalue weighted by Crippen LogP contribution is -2.54. The van der Waals surface area contributed by atoms with E-state index in [-0.39, 0.29) is 22.6 Å². The predicted octanol–water partition coefficient (Wildman–Crippen LogP) is 3.45. The van der Waals surface area contributed by atoms with Crippen molar-refractivity contribution in [2.24, 2.45) is 0 Å². The SMILES string of the molecule is O=C1NC(=O)N(c2ccc(F)cc2)C(=O)C1=Cc1ccc(-c2ccc(C(=O)O)cc2)o1. The fourth-order valence-corrected chi connectivity index (χ4v) is 2.99. The Labute approximate surface area is 174 Å². The first-order valence-electron chi connectivity index (χ1n) is 8.94. The average Bonchev–Trinajstić information content (AvgIpc) is 3.21. The number of hydrogen-bond donors (Lipinski definition) is 2. The summed E-state index contributed by atoms with van der Waals surface area (Å²) in [5.41, 5.74) is 0.469. The van der Waals surface area contributed by atoms with Gasteiger partial charge in [-0.1, -0.05) is 12.1 Å². The number of nitrogens with one attached hydrogen (secondary N) is 1. The molecule has 2 N–H and O–H groups in total. The van der Waals surface area contributed by atoms with Crippen molar-refractivity contribution in [1.29, 1.82) is 0 Å². The number of amides is 4. The number of barbiturate groups is 1. The third kappa shape index (κ3) is 3.84. The number of hydrogen-bond acceptors (Lipinski definition) is 5. The minimum atomic E-state index is -1.06. The maximum atomic E-state index is 13.2. The first-order chi connectivity index (χ1) is 14.8. The molecule has 154 valence electrons. The Balaban J connectivity index is 1.63. The fourth-order valence-electron chi connectivity index (χ4n) is 2.99. The molecule has 1 aromatic heterocycles. The Kier molecular flexibility index (Phi) is 4.92. The molecule has 2 heterocycles. The summed E-state index contributed by atoms with van der Waals surface area (Å²) in [7, 11) is 0. The first-order valence-corrected chi connectivity index (χ1v) is 8.94. The third-order valence-electron chi connectivity index (χ3n) is 4.52. The van der Waals surface area contributed by atoms with E-state index in [9.17, 15) is 23.6 Å². The van der Waals surface area contributed by atoms with Crippen molar-refractivity contribution in [2.45, 2.75) is 0 Å². The van der Waals surface area contributed by atoms with Crippen molar-refractivity contribution in [1.82, 2.24) is 5.32 Å². The van der Waals surface area contributed by atoms with Crippen LogP contribution in [0, 0.1) is 5.82 Å². The van der Waals surface area contributed by atoms with Gasteiger partial charge in [0.1, 0.15) is 22.9 Å². The van der Waals surface area contributed by atoms with E-state index in [4.69, 9.17) is 9.52 Å². The van der Waals surface area contributed by atoms with Gasteiger partial charge in [0.2, 0.25) is 0 Å². The number of imide groups is 2. The highest BCUT2D eigenvalue weighted by Crippen LogP contribution is 2.26. The topological polar surface area (TPSA) is 117 Å². The van der Waals surface area contributed by atoms with Crippen LogP contribution in [0.5, 0.6) is 0 Å². The summed E-state index contributed by atoms with van der Waals surface area (Å²) in [6.07, 6.45) is 1.19. The van der Waals surface area contributed by atoms with Gasteiger partial charge in [-0.3, -0.25) is 14.9 Å². The Morgan fingerprint density at radius 1 is 0.968 bits per heavy atom. The van der Waals surface area contributed by atoms with Gasteiger partial charge in [-0.05, 0) is 54.6 Å². The van der Waals surface area contributed by atoms with E-state index in [1.807, 2.05) is 0 Å². The van der Waals surface area contributed by atoms with Gasteiger partial charge in [-0.2, -0.15) is 0 Å². The minimum Gasteiger partial charge on any atom is -0.478 e. The standard InChI is InChI=1S/C22H13FN2O6/c23-14-5-7-15(8-6-14)25-20(27)17(19(26)24-22(25)30)11-16-9-10-18(31-16)12-1-3-13(4-2-12)21(28)29/h1-11H,(H,28,29)(H,24,26,30). The molecule has 3 aromatic rings. The Hall–Kier alpha value is -4.53. The van der Waals surface area contributed by atoms with Crippen LogP contribution in [0.15, 0.2) is 70.7 Å². The molecule has 8 nitrogen and oxygen atoms in total. The summed E-state index contributed by atoms with van der Waals surface area (Å²) in [6.45, 7) is 0. The normalized spacial score (nSPS) is 15.3. The maximum absolute atomic E-state index is 13.2. The van der Waals surface area contributed by atoms with Gasteiger partial charge in [0, 0.05) is 5.56 Å². The van der Waals surface area contributed by atoms with Crippen LogP contribution in [0.2, 0.25) is 0 Å². The van der Waals surface area contributed by atoms with Crippen molar-refractivity contribution in [3.05, 3.63) is 83.4 Å². The van der Waals surface area contributed by atoms with E-state index in [1.165, 1.54) is 36.4 Å². The third-order valence-corrected chi connectivity index (χ3v) is 4.52. The van der Waals surface area contributed by atoms with Gasteiger partial charge in [-0.25, -0.2) is 18.9 Å². The lowest BCUT2D eigenvalue weighted by atomic mass is 10.1. The molecule has 31 heavy (non-hydrogen) atoms. The van der Waals surface area contributed by atoms with Crippen LogP contribution in [0.1, 0.15) is 16.1 Å². The number of carbonyl (C=O) groups is 4. The van der Waals surface area contributed by atoms with Crippen LogP contribution in [-0.4, -0.2) is 28.9 Å². The molecule has 1 aliphatic heterocycles. The van der Waals surface area contributed by atoms with Gasteiger partial charge in [0.05, 0.1) is 11.3 Å². The van der Waals surface area contributed by atoms with Crippen LogP contribution >= 0.6 is 0 Å². The van der Waals surface area contributed by atoms with Gasteiger partial charge >= 0.3 is 12.0 Å². The number of urea groups is 1. The van der Waals surface area contributed by atoms with Crippen molar-refractivity contribution >= 4 is 35.6 Å². The molecule has 2 aromatic carbocycles. The molecule has 9 heteroatoms. The summed E-state index contributed by atoms with van der Waals surface area (Å²) in [5.74, 6) is -2.82. The number of anilines is 1. The highest BCUT2D eigenvalue weighted by Gasteiger charge is 2.37. The molecule has 1 aliphatic rings. The molecule has 0 saturated carbocycles. The molecule has 0 radical (unpaired) electrons. The Morgan fingerprint density at radius 3 is 2.29 bits per heavy atom. The fraction of sp³-hybridized carbons (Fsp3) is 0. The maximum Gasteiger partial charge on any atom is 0.335 e. The number of rotatable bonds is 4. The van der Waals surface area contributed by atoms with E-state index in [0.29, 0.717) is 11.3 Å². The number of aromatic carboxylic acids is 1. The zero-order chi connectivity index (χ0) is 22.1. The molecule has 0 unspecified atom stereocenters. The molecule has 0 aliphatic carbocycles. The quantitative estimate of drug-likeness (QED) is 0.493. The molecular formula is C22H13FN2O6. The minimum absolute atomic E-state index is 0.0981. The molecular weight excluding hydrogens is 407 g/mol. The summed E-state index contributed by atoms with van der Waals surface area (Å²) >= 11 is 0. The van der Waals surface area contributed by atoms with Gasteiger partial charge in [0.25, 0.3) is 11.8 Å². The highest BCUT2D eigenvalue weighted by molar-refractivity contribution is 6.39. The molecule has 1 fully saturated rings. The zero-order valence-corrected chi connectivity index (χ0v) is 15.7. The van der Waals surface area contributed by atoms with Crippen molar-refractivity contribution in [3.8, 4) is 11.3 Å². The largest absolute Gasteiger partial charge is 0.478 e. The molecule has 4 amide bonds. The van der Waals surface area contributed by atoms with E-state index in [1.54, 1.807) is 18.2 Å². The number of carbonyl (C=O) groups excluding carboxylic acids is 3. The van der Waals surface area contributed by atoms with Crippen LogP contribution in [0.4, 0.5) is 14.9 Å². The van der Waals surface area contributed by atoms with Crippen LogP contribution in [0.25, 0.3) is 17.4 Å². The monoisotopic (exact) mass is 420 g/mol. The van der Waals surface area contributed by atoms with Crippen molar-refractivity contribution in [2.75, 3.05) is 4.90 Å². The number of furan rings is 1. The predicted molar refractivity (Wildman–Crippen MR) is 107 cm³/mol. The summed E-state index contributed by atoms with van der Waals surface area (Å²) < 4.78 is 18.8. The van der Waals surface area contributed by atoms with Crippen LogP contribution in [0.3, 0.4) is 0 Å². The van der Waals surface area contributed by atoms with E-state index in [2.05, 4.69) is 5.32 Å². The van der Waals surface area contributed by atoms with Gasteiger partial charge < -0.3 is 9.52 Å². The Morgan fingerprint density at radius 2 is 1.65 bits per heavy atom. The van der Waals surface area contributed by atoms with Crippen molar-refractivity contribution in [3.63, 3.8) is 0 Å². The Bertz CT molecular complexity index is 1240. The molecule has 1 saturated heterocycles. The first kappa shape index (κ1) is 19.8. The van der Waals surface area contributed by atoms with Crippen molar-refractivity contribution < 1.29 is 33.1 Å². The van der Waals surface area contributed by atoms with Crippen LogP contribution in [-0.2, 0) is 9.59 Å². The summed E-state index contributed by atoms with van der Waals surface area (Å²) in [4.78, 5) is 48.9. The second kappa shape index (κ2) is 7.71. The molecule has 0 spiro atoms. The lowest BCUT2D eigenvalue weighted by molar-refractivity contribution is -0.122. The summed E-state index contributed by atoms with van der Waals surface area (Å²) in [6, 6.07) is 12.8. The zero-order valence-electron chi connectivity index (χ0n) is 15.7. The summed E-state index contributed by atoms with van der Waals surface area (Å²) in [5, 5.41) is 11.0. The number of carboxylic acids is 1. The number of halogens is 1. The average molecular weight is 420 g/mol. The van der Waals surface area contributed by atoms with Gasteiger partial charge in [0.15, 0.2) is 0 Å². The van der Waals surface area contributed by atoms with E-state index >= 15 is 0 Å². The molecule has 0 atom stereocenters. The van der Waals surface area contributed by atoms with Crippen LogP contribution < -0.4 is 10.2 Å². The second-order valence-corrected chi connectivity index (χ2v) is 6.52. The van der Waals surface area contributed by atoms with E-state index < -0.39 is 29.6 Å². The van der Waals surface area contributed by atoms with E-state index in [0.717, 1.165) is 17.0 Å². The number of benzene rings is 2. The smallest absolute Gasteiger partial charge is 0.335 e. The van der Waals surface area contributed by atoms with Gasteiger partial charge in [-0.15, -0.1) is 0 Å².